The van der Waals surface area contributed by atoms with Crippen LogP contribution in [0, 0.1) is 15.9 Å². The van der Waals surface area contributed by atoms with Crippen molar-refractivity contribution in [3.05, 3.63) is 57.4 Å². The number of nitro groups is 1. The molecule has 0 bridgehead atoms. The third kappa shape index (κ3) is 3.35. The average Bonchev–Trinajstić information content (AvgIpc) is 2.61. The number of nitro benzene ring substituents is 1. The molecule has 0 aromatic heterocycles. The van der Waals surface area contributed by atoms with Gasteiger partial charge in [0.15, 0.2) is 11.5 Å². The van der Waals surface area contributed by atoms with Crippen LogP contribution in [0.15, 0.2) is 30.3 Å². The molecule has 0 spiro atoms. The van der Waals surface area contributed by atoms with Crippen LogP contribution in [-0.4, -0.2) is 19.1 Å². The van der Waals surface area contributed by atoms with Gasteiger partial charge in [0, 0.05) is 6.07 Å². The lowest BCUT2D eigenvalue weighted by Gasteiger charge is -2.27. The van der Waals surface area contributed by atoms with Crippen molar-refractivity contribution < 1.29 is 18.8 Å². The van der Waals surface area contributed by atoms with Crippen molar-refractivity contribution in [1.82, 2.24) is 0 Å². The molecule has 0 amide bonds. The van der Waals surface area contributed by atoms with Crippen LogP contribution in [0.3, 0.4) is 0 Å². The number of methoxy groups -OCH3 is 2. The van der Waals surface area contributed by atoms with Gasteiger partial charge in [0.2, 0.25) is 0 Å². The van der Waals surface area contributed by atoms with E-state index in [-0.39, 0.29) is 23.3 Å². The van der Waals surface area contributed by atoms with Crippen molar-refractivity contribution in [2.75, 3.05) is 19.5 Å². The summed E-state index contributed by atoms with van der Waals surface area (Å²) in [5.41, 5.74) is 2.12. The second-order valence-electron chi connectivity index (χ2n) is 5.91. The monoisotopic (exact) mass is 346 g/mol. The van der Waals surface area contributed by atoms with Gasteiger partial charge in [0.1, 0.15) is 11.5 Å². The Morgan fingerprint density at radius 2 is 1.92 bits per heavy atom. The molecule has 1 atom stereocenters. The number of halogens is 1. The fourth-order valence-corrected chi connectivity index (χ4v) is 3.24. The number of nitrogens with zero attached hydrogens (tertiary/aromatic N) is 1. The highest BCUT2D eigenvalue weighted by Gasteiger charge is 2.25. The third-order valence-electron chi connectivity index (χ3n) is 4.45. The predicted octanol–water partition coefficient (Wildman–Crippen LogP) is 4.24. The first-order valence-corrected chi connectivity index (χ1v) is 7.98. The van der Waals surface area contributed by atoms with Crippen LogP contribution in [0.2, 0.25) is 0 Å². The Labute approximate surface area is 144 Å². The first-order chi connectivity index (χ1) is 12.0. The Morgan fingerprint density at radius 3 is 2.60 bits per heavy atom. The molecule has 7 heteroatoms. The van der Waals surface area contributed by atoms with Gasteiger partial charge in [-0.3, -0.25) is 10.1 Å². The van der Waals surface area contributed by atoms with E-state index in [1.54, 1.807) is 12.1 Å². The van der Waals surface area contributed by atoms with Gasteiger partial charge < -0.3 is 14.8 Å². The van der Waals surface area contributed by atoms with Crippen LogP contribution >= 0.6 is 0 Å². The Kier molecular flexibility index (Phi) is 4.74. The second-order valence-corrected chi connectivity index (χ2v) is 5.91. The highest BCUT2D eigenvalue weighted by molar-refractivity contribution is 5.69. The summed E-state index contributed by atoms with van der Waals surface area (Å²) in [6.07, 6.45) is 2.57. The maximum Gasteiger partial charge on any atom is 0.296 e. The van der Waals surface area contributed by atoms with Gasteiger partial charge in [-0.15, -0.1) is 0 Å². The number of anilines is 1. The lowest BCUT2D eigenvalue weighted by Crippen LogP contribution is -2.18. The molecular formula is C18H19FN2O4. The van der Waals surface area contributed by atoms with Crippen LogP contribution in [0.4, 0.5) is 15.8 Å². The molecule has 3 rings (SSSR count). The molecule has 2 aromatic carbocycles. The first-order valence-electron chi connectivity index (χ1n) is 7.98. The maximum absolute atomic E-state index is 13.7. The fourth-order valence-electron chi connectivity index (χ4n) is 3.24. The molecule has 132 valence electrons. The topological polar surface area (TPSA) is 73.6 Å². The minimum absolute atomic E-state index is 0.110. The zero-order valence-electron chi connectivity index (χ0n) is 14.0. The number of benzene rings is 2. The van der Waals surface area contributed by atoms with E-state index in [0.29, 0.717) is 11.4 Å². The van der Waals surface area contributed by atoms with Crippen LogP contribution in [0.1, 0.15) is 30.0 Å². The van der Waals surface area contributed by atoms with Crippen LogP contribution in [0.25, 0.3) is 0 Å². The SMILES string of the molecule is COc1cc(NC2CCCc3ccc(F)cc32)c([N+](=O)[O-])cc1OC. The second kappa shape index (κ2) is 6.96. The molecule has 25 heavy (non-hydrogen) atoms. The lowest BCUT2D eigenvalue weighted by atomic mass is 9.87. The minimum Gasteiger partial charge on any atom is -0.493 e. The molecule has 1 aliphatic rings. The van der Waals surface area contributed by atoms with Crippen molar-refractivity contribution >= 4 is 11.4 Å². The molecule has 6 nitrogen and oxygen atoms in total. The van der Waals surface area contributed by atoms with Gasteiger partial charge in [-0.1, -0.05) is 6.07 Å². The molecular weight excluding hydrogens is 327 g/mol. The molecule has 1 aliphatic carbocycles. The zero-order chi connectivity index (χ0) is 18.0. The molecule has 0 saturated heterocycles. The summed E-state index contributed by atoms with van der Waals surface area (Å²) in [5.74, 6) is 0.370. The Morgan fingerprint density at radius 1 is 1.20 bits per heavy atom. The lowest BCUT2D eigenvalue weighted by molar-refractivity contribution is -0.384. The van der Waals surface area contributed by atoms with E-state index in [9.17, 15) is 14.5 Å². The van der Waals surface area contributed by atoms with E-state index in [2.05, 4.69) is 5.32 Å². The number of nitrogens with one attached hydrogen (secondary N) is 1. The van der Waals surface area contributed by atoms with Gasteiger partial charge >= 0.3 is 0 Å². The largest absolute Gasteiger partial charge is 0.493 e. The molecule has 0 heterocycles. The third-order valence-corrected chi connectivity index (χ3v) is 4.45. The van der Waals surface area contributed by atoms with E-state index in [0.717, 1.165) is 30.4 Å². The van der Waals surface area contributed by atoms with E-state index in [4.69, 9.17) is 9.47 Å². The zero-order valence-corrected chi connectivity index (χ0v) is 14.0. The average molecular weight is 346 g/mol. The summed E-state index contributed by atoms with van der Waals surface area (Å²) in [7, 11) is 2.90. The van der Waals surface area contributed by atoms with E-state index < -0.39 is 4.92 Å². The first kappa shape index (κ1) is 17.0. The van der Waals surface area contributed by atoms with Crippen molar-refractivity contribution in [3.8, 4) is 11.5 Å². The predicted molar refractivity (Wildman–Crippen MR) is 91.9 cm³/mol. The number of hydrogen-bond acceptors (Lipinski definition) is 5. The van der Waals surface area contributed by atoms with Crippen LogP contribution < -0.4 is 14.8 Å². The van der Waals surface area contributed by atoms with Gasteiger partial charge in [-0.25, -0.2) is 4.39 Å². The van der Waals surface area contributed by atoms with Gasteiger partial charge in [-0.05, 0) is 42.5 Å². The van der Waals surface area contributed by atoms with E-state index in [1.165, 1.54) is 32.4 Å². The van der Waals surface area contributed by atoms with Crippen LogP contribution in [-0.2, 0) is 6.42 Å². The fraction of sp³-hybridized carbons (Fsp3) is 0.333. The summed E-state index contributed by atoms with van der Waals surface area (Å²) >= 11 is 0. The quantitative estimate of drug-likeness (QED) is 0.647. The summed E-state index contributed by atoms with van der Waals surface area (Å²) in [5, 5.41) is 14.6. The van der Waals surface area contributed by atoms with Crippen LogP contribution in [0.5, 0.6) is 11.5 Å². The highest BCUT2D eigenvalue weighted by Crippen LogP contribution is 2.41. The smallest absolute Gasteiger partial charge is 0.296 e. The molecule has 0 saturated carbocycles. The minimum atomic E-state index is -0.473. The Bertz CT molecular complexity index is 810. The summed E-state index contributed by atoms with van der Waals surface area (Å²) in [4.78, 5) is 11.0. The molecule has 1 N–H and O–H groups in total. The van der Waals surface area contributed by atoms with Crippen molar-refractivity contribution in [2.24, 2.45) is 0 Å². The molecule has 0 fully saturated rings. The molecule has 0 radical (unpaired) electrons. The molecule has 0 aliphatic heterocycles. The molecule has 2 aromatic rings. The summed E-state index contributed by atoms with van der Waals surface area (Å²) in [6, 6.07) is 7.40. The summed E-state index contributed by atoms with van der Waals surface area (Å²) in [6.45, 7) is 0. The standard InChI is InChI=1S/C18H19FN2O4/c1-24-17-9-15(16(21(22)23)10-18(17)25-2)20-14-5-3-4-11-6-7-12(19)8-13(11)14/h6-10,14,20H,3-5H2,1-2H3. The highest BCUT2D eigenvalue weighted by atomic mass is 19.1. The normalized spacial score (nSPS) is 16.0. The van der Waals surface area contributed by atoms with E-state index >= 15 is 0 Å². The van der Waals surface area contributed by atoms with Crippen molar-refractivity contribution in [1.29, 1.82) is 0 Å². The summed E-state index contributed by atoms with van der Waals surface area (Å²) < 4.78 is 24.0. The van der Waals surface area contributed by atoms with Crippen molar-refractivity contribution in [3.63, 3.8) is 0 Å². The number of rotatable bonds is 5. The number of fused-ring (bicyclic) bond motifs is 1. The Balaban J connectivity index is 2.01. The van der Waals surface area contributed by atoms with Gasteiger partial charge in [0.25, 0.3) is 5.69 Å². The van der Waals surface area contributed by atoms with Crippen molar-refractivity contribution in [2.45, 2.75) is 25.3 Å². The number of aryl methyl sites for hydroxylation is 1. The van der Waals surface area contributed by atoms with Gasteiger partial charge in [0.05, 0.1) is 31.3 Å². The van der Waals surface area contributed by atoms with E-state index in [1.807, 2.05) is 0 Å². The maximum atomic E-state index is 13.7. The Hall–Kier alpha value is -2.83. The molecule has 1 unspecified atom stereocenters. The van der Waals surface area contributed by atoms with Gasteiger partial charge in [-0.2, -0.15) is 0 Å². The number of ether oxygens (including phenoxy) is 2. The number of hydrogen-bond donors (Lipinski definition) is 1.